The van der Waals surface area contributed by atoms with Crippen molar-refractivity contribution in [1.29, 1.82) is 0 Å². The summed E-state index contributed by atoms with van der Waals surface area (Å²) in [6.45, 7) is 8.52. The number of oxazole rings is 1. The van der Waals surface area contributed by atoms with Gasteiger partial charge in [0.25, 0.3) is 5.91 Å². The van der Waals surface area contributed by atoms with E-state index in [9.17, 15) is 4.79 Å². The largest absolute Gasteiger partial charge is 0.448 e. The molecule has 3 rings (SSSR count). The number of hydrogen-bond donors (Lipinski definition) is 1. The van der Waals surface area contributed by atoms with E-state index in [0.717, 1.165) is 31.8 Å². The van der Waals surface area contributed by atoms with Crippen LogP contribution in [0.4, 0.5) is 0 Å². The summed E-state index contributed by atoms with van der Waals surface area (Å²) in [5.41, 5.74) is 0.419. The molecule has 2 fully saturated rings. The lowest BCUT2D eigenvalue weighted by molar-refractivity contribution is 0.0925. The summed E-state index contributed by atoms with van der Waals surface area (Å²) in [7, 11) is 0. The van der Waals surface area contributed by atoms with Gasteiger partial charge in [-0.25, -0.2) is 4.98 Å². The van der Waals surface area contributed by atoms with Crippen LogP contribution in [0.5, 0.6) is 0 Å². The molecule has 1 aliphatic heterocycles. The molecule has 2 aliphatic rings. The summed E-state index contributed by atoms with van der Waals surface area (Å²) in [5.74, 6) is 1.52. The zero-order chi connectivity index (χ0) is 14.3. The predicted octanol–water partition coefficient (Wildman–Crippen LogP) is 2.01. The molecule has 0 unspecified atom stereocenters. The van der Waals surface area contributed by atoms with E-state index in [0.29, 0.717) is 23.6 Å². The maximum Gasteiger partial charge on any atom is 0.273 e. The minimum absolute atomic E-state index is 0.108. The second-order valence-corrected chi connectivity index (χ2v) is 6.45. The minimum atomic E-state index is -0.108. The van der Waals surface area contributed by atoms with E-state index in [2.05, 4.69) is 36.0 Å². The molecule has 5 nitrogen and oxygen atoms in total. The molecule has 0 radical (unpaired) electrons. The van der Waals surface area contributed by atoms with Crippen molar-refractivity contribution in [3.63, 3.8) is 0 Å². The first-order valence-electron chi connectivity index (χ1n) is 7.55. The highest BCUT2D eigenvalue weighted by Gasteiger charge is 2.33. The fourth-order valence-corrected chi connectivity index (χ4v) is 2.77. The number of nitrogens with one attached hydrogen (secondary N) is 1. The molecule has 20 heavy (non-hydrogen) atoms. The van der Waals surface area contributed by atoms with E-state index in [-0.39, 0.29) is 11.9 Å². The molecule has 1 saturated heterocycles. The van der Waals surface area contributed by atoms with Crippen molar-refractivity contribution in [2.75, 3.05) is 13.1 Å². The highest BCUT2D eigenvalue weighted by molar-refractivity contribution is 5.92. The van der Waals surface area contributed by atoms with Crippen molar-refractivity contribution >= 4 is 5.91 Å². The Balaban J connectivity index is 1.60. The van der Waals surface area contributed by atoms with E-state index in [1.807, 2.05) is 0 Å². The van der Waals surface area contributed by atoms with E-state index in [1.165, 1.54) is 6.26 Å². The van der Waals surface area contributed by atoms with Crippen LogP contribution in [-0.4, -0.2) is 41.0 Å². The first-order valence-corrected chi connectivity index (χ1v) is 7.55. The summed E-state index contributed by atoms with van der Waals surface area (Å²) in [4.78, 5) is 18.9. The molecular weight excluding hydrogens is 254 g/mol. The lowest BCUT2D eigenvalue weighted by atomic mass is 10.1. The molecule has 0 spiro atoms. The molecule has 1 aromatic heterocycles. The standard InChI is InChI=1S/C15H23N3O2/c1-9(2)18-6-10(3)12(7-18)16-14(19)13-8-20-15(17-13)11-4-5-11/h8-12H,4-7H2,1-3H3,(H,16,19)/t10-,12+/m1/s1. The Labute approximate surface area is 119 Å². The Kier molecular flexibility index (Phi) is 3.54. The molecule has 110 valence electrons. The number of likely N-dealkylation sites (tertiary alicyclic amines) is 1. The summed E-state index contributed by atoms with van der Waals surface area (Å²) >= 11 is 0. The first kappa shape index (κ1) is 13.6. The van der Waals surface area contributed by atoms with Crippen molar-refractivity contribution in [2.24, 2.45) is 5.92 Å². The number of rotatable bonds is 4. The minimum Gasteiger partial charge on any atom is -0.448 e. The van der Waals surface area contributed by atoms with Crippen LogP contribution in [0.25, 0.3) is 0 Å². The third-order valence-electron chi connectivity index (χ3n) is 4.37. The summed E-state index contributed by atoms with van der Waals surface area (Å²) < 4.78 is 5.38. The molecule has 5 heteroatoms. The maximum atomic E-state index is 12.2. The lowest BCUT2D eigenvalue weighted by Crippen LogP contribution is -2.40. The van der Waals surface area contributed by atoms with Crippen LogP contribution in [0.15, 0.2) is 10.7 Å². The Morgan fingerprint density at radius 3 is 2.80 bits per heavy atom. The molecule has 2 heterocycles. The molecule has 1 amide bonds. The number of carbonyl (C=O) groups is 1. The molecule has 2 atom stereocenters. The third kappa shape index (κ3) is 2.73. The quantitative estimate of drug-likeness (QED) is 0.914. The van der Waals surface area contributed by atoms with Crippen molar-refractivity contribution < 1.29 is 9.21 Å². The van der Waals surface area contributed by atoms with Crippen molar-refractivity contribution in [3.8, 4) is 0 Å². The van der Waals surface area contributed by atoms with Crippen LogP contribution >= 0.6 is 0 Å². The molecule has 1 N–H and O–H groups in total. The van der Waals surface area contributed by atoms with E-state index < -0.39 is 0 Å². The number of aromatic nitrogens is 1. The second-order valence-electron chi connectivity index (χ2n) is 6.45. The fraction of sp³-hybridized carbons (Fsp3) is 0.733. The number of amides is 1. The van der Waals surface area contributed by atoms with E-state index in [4.69, 9.17) is 4.42 Å². The van der Waals surface area contributed by atoms with Crippen LogP contribution in [0.1, 0.15) is 55.9 Å². The Hall–Kier alpha value is -1.36. The van der Waals surface area contributed by atoms with Gasteiger partial charge in [-0.2, -0.15) is 0 Å². The normalized spacial score (nSPS) is 27.2. The summed E-state index contributed by atoms with van der Waals surface area (Å²) in [6.07, 6.45) is 3.75. The third-order valence-corrected chi connectivity index (χ3v) is 4.37. The highest BCUT2D eigenvalue weighted by Crippen LogP contribution is 2.39. The zero-order valence-electron chi connectivity index (χ0n) is 12.4. The topological polar surface area (TPSA) is 58.4 Å². The van der Waals surface area contributed by atoms with Gasteiger partial charge >= 0.3 is 0 Å². The van der Waals surface area contributed by atoms with Gasteiger partial charge in [0.1, 0.15) is 6.26 Å². The van der Waals surface area contributed by atoms with Gasteiger partial charge in [0.15, 0.2) is 11.6 Å². The average Bonchev–Trinajstić information content (AvgIpc) is 3.01. The van der Waals surface area contributed by atoms with Crippen LogP contribution < -0.4 is 5.32 Å². The molecule has 0 aromatic carbocycles. The van der Waals surface area contributed by atoms with Crippen LogP contribution in [-0.2, 0) is 0 Å². The molecule has 1 aromatic rings. The Morgan fingerprint density at radius 1 is 1.45 bits per heavy atom. The molecule has 0 bridgehead atoms. The second kappa shape index (κ2) is 5.20. The van der Waals surface area contributed by atoms with Crippen molar-refractivity contribution in [3.05, 3.63) is 17.8 Å². The van der Waals surface area contributed by atoms with Gasteiger partial charge < -0.3 is 9.73 Å². The van der Waals surface area contributed by atoms with Crippen LogP contribution in [0.3, 0.4) is 0 Å². The monoisotopic (exact) mass is 277 g/mol. The molecule has 1 aliphatic carbocycles. The van der Waals surface area contributed by atoms with Gasteiger partial charge in [0, 0.05) is 31.1 Å². The Morgan fingerprint density at radius 2 is 2.20 bits per heavy atom. The van der Waals surface area contributed by atoms with Gasteiger partial charge in [-0.3, -0.25) is 9.69 Å². The van der Waals surface area contributed by atoms with Gasteiger partial charge in [-0.1, -0.05) is 6.92 Å². The lowest BCUT2D eigenvalue weighted by Gasteiger charge is -2.20. The summed E-state index contributed by atoms with van der Waals surface area (Å²) in [5, 5.41) is 3.10. The van der Waals surface area contributed by atoms with Gasteiger partial charge in [-0.15, -0.1) is 0 Å². The van der Waals surface area contributed by atoms with Gasteiger partial charge in [-0.05, 0) is 32.6 Å². The van der Waals surface area contributed by atoms with Crippen molar-refractivity contribution in [2.45, 2.75) is 51.6 Å². The number of hydrogen-bond acceptors (Lipinski definition) is 4. The SMILES string of the molecule is CC(C)N1C[C@@H](C)[C@@H](NC(=O)c2coc(C3CC3)n2)C1. The van der Waals surface area contributed by atoms with Crippen LogP contribution in [0, 0.1) is 5.92 Å². The van der Waals surface area contributed by atoms with Crippen molar-refractivity contribution in [1.82, 2.24) is 15.2 Å². The predicted molar refractivity (Wildman–Crippen MR) is 75.6 cm³/mol. The zero-order valence-corrected chi connectivity index (χ0v) is 12.4. The number of nitrogens with zero attached hydrogens (tertiary/aromatic N) is 2. The average molecular weight is 277 g/mol. The van der Waals surface area contributed by atoms with E-state index in [1.54, 1.807) is 0 Å². The maximum absolute atomic E-state index is 12.2. The van der Waals surface area contributed by atoms with Crippen LogP contribution in [0.2, 0.25) is 0 Å². The highest BCUT2D eigenvalue weighted by atomic mass is 16.3. The molecule has 1 saturated carbocycles. The first-order chi connectivity index (χ1) is 9.54. The Bertz CT molecular complexity index is 493. The molecular formula is C15H23N3O2. The van der Waals surface area contributed by atoms with Gasteiger partial charge in [0.2, 0.25) is 0 Å². The fourth-order valence-electron chi connectivity index (χ4n) is 2.77. The number of carbonyl (C=O) groups excluding carboxylic acids is 1. The van der Waals surface area contributed by atoms with E-state index >= 15 is 0 Å². The smallest absolute Gasteiger partial charge is 0.273 e. The summed E-state index contributed by atoms with van der Waals surface area (Å²) in [6, 6.07) is 0.721. The van der Waals surface area contributed by atoms with Gasteiger partial charge in [0.05, 0.1) is 0 Å².